The molecule has 1 aliphatic carbocycles. The molecule has 1 amide bonds. The Kier molecular flexibility index (Phi) is 2.27. The standard InChI is InChI=1S/C7H13NO2/c1-10-6-3-2-5(4-6)7(8)9/h5-6H,2-4H2,1H3,(H2,8,9)/t5-,6-/m0/s1. The van der Waals surface area contributed by atoms with Crippen LogP contribution >= 0.6 is 0 Å². The average Bonchev–Trinajstić information content (AvgIpc) is 2.34. The molecule has 3 heteroatoms. The van der Waals surface area contributed by atoms with E-state index in [0.717, 1.165) is 19.3 Å². The van der Waals surface area contributed by atoms with Crippen LogP contribution in [0.4, 0.5) is 0 Å². The lowest BCUT2D eigenvalue weighted by atomic mass is 10.1. The van der Waals surface area contributed by atoms with Gasteiger partial charge in [0.25, 0.3) is 0 Å². The normalized spacial score (nSPS) is 32.5. The number of rotatable bonds is 2. The number of primary amides is 1. The molecule has 0 bridgehead atoms. The molecule has 10 heavy (non-hydrogen) atoms. The summed E-state index contributed by atoms with van der Waals surface area (Å²) in [5.41, 5.74) is 5.12. The van der Waals surface area contributed by atoms with Crippen molar-refractivity contribution < 1.29 is 9.53 Å². The van der Waals surface area contributed by atoms with Gasteiger partial charge in [-0.15, -0.1) is 0 Å². The molecule has 0 spiro atoms. The first-order chi connectivity index (χ1) is 4.74. The fourth-order valence-corrected chi connectivity index (χ4v) is 1.41. The molecule has 58 valence electrons. The van der Waals surface area contributed by atoms with Crippen molar-refractivity contribution in [3.8, 4) is 0 Å². The van der Waals surface area contributed by atoms with E-state index in [2.05, 4.69) is 0 Å². The molecule has 1 saturated carbocycles. The second kappa shape index (κ2) is 3.01. The second-order valence-corrected chi connectivity index (χ2v) is 2.77. The summed E-state index contributed by atoms with van der Waals surface area (Å²) in [6.45, 7) is 0. The Morgan fingerprint density at radius 1 is 1.60 bits per heavy atom. The maximum atomic E-state index is 10.6. The van der Waals surface area contributed by atoms with Crippen LogP contribution in [0.1, 0.15) is 19.3 Å². The number of ether oxygens (including phenoxy) is 1. The first-order valence-electron chi connectivity index (χ1n) is 3.56. The minimum absolute atomic E-state index is 0.0601. The molecule has 2 atom stereocenters. The molecule has 0 aromatic heterocycles. The molecule has 0 unspecified atom stereocenters. The second-order valence-electron chi connectivity index (χ2n) is 2.77. The van der Waals surface area contributed by atoms with E-state index in [9.17, 15) is 4.79 Å². The van der Waals surface area contributed by atoms with Gasteiger partial charge in [-0.3, -0.25) is 4.79 Å². The summed E-state index contributed by atoms with van der Waals surface area (Å²) in [7, 11) is 1.67. The van der Waals surface area contributed by atoms with Gasteiger partial charge in [-0.2, -0.15) is 0 Å². The highest BCUT2D eigenvalue weighted by atomic mass is 16.5. The Morgan fingerprint density at radius 3 is 2.60 bits per heavy atom. The Hall–Kier alpha value is -0.570. The summed E-state index contributed by atoms with van der Waals surface area (Å²) >= 11 is 0. The van der Waals surface area contributed by atoms with Crippen molar-refractivity contribution in [3.63, 3.8) is 0 Å². The van der Waals surface area contributed by atoms with Crippen molar-refractivity contribution in [1.82, 2.24) is 0 Å². The number of amides is 1. The van der Waals surface area contributed by atoms with E-state index in [1.54, 1.807) is 7.11 Å². The summed E-state index contributed by atoms with van der Waals surface area (Å²) in [5, 5.41) is 0. The zero-order chi connectivity index (χ0) is 7.56. The van der Waals surface area contributed by atoms with Crippen molar-refractivity contribution in [2.45, 2.75) is 25.4 Å². The highest BCUT2D eigenvalue weighted by Gasteiger charge is 2.27. The largest absolute Gasteiger partial charge is 0.381 e. The Morgan fingerprint density at radius 2 is 2.30 bits per heavy atom. The Labute approximate surface area is 60.5 Å². The lowest BCUT2D eigenvalue weighted by molar-refractivity contribution is -0.121. The lowest BCUT2D eigenvalue weighted by Crippen LogP contribution is -2.21. The Bertz CT molecular complexity index is 136. The fraction of sp³-hybridized carbons (Fsp3) is 0.857. The van der Waals surface area contributed by atoms with Gasteiger partial charge >= 0.3 is 0 Å². The summed E-state index contributed by atoms with van der Waals surface area (Å²) < 4.78 is 5.08. The number of nitrogens with two attached hydrogens (primary N) is 1. The quantitative estimate of drug-likeness (QED) is 0.604. The summed E-state index contributed by atoms with van der Waals surface area (Å²) in [6.07, 6.45) is 2.95. The fourth-order valence-electron chi connectivity index (χ4n) is 1.41. The molecule has 0 aliphatic heterocycles. The third-order valence-electron chi connectivity index (χ3n) is 2.12. The zero-order valence-corrected chi connectivity index (χ0v) is 6.17. The molecule has 0 aromatic rings. The van der Waals surface area contributed by atoms with Crippen LogP contribution < -0.4 is 5.73 Å². The molecule has 0 radical (unpaired) electrons. The van der Waals surface area contributed by atoms with Gasteiger partial charge in [0.05, 0.1) is 6.10 Å². The predicted molar refractivity (Wildman–Crippen MR) is 37.3 cm³/mol. The lowest BCUT2D eigenvalue weighted by Gasteiger charge is -2.05. The number of carbonyl (C=O) groups excluding carboxylic acids is 1. The number of hydrogen-bond acceptors (Lipinski definition) is 2. The summed E-state index contributed by atoms with van der Waals surface area (Å²) in [5.74, 6) is -0.121. The third-order valence-corrected chi connectivity index (χ3v) is 2.12. The number of carbonyl (C=O) groups is 1. The predicted octanol–water partition coefficient (Wildman–Crippen LogP) is 0.287. The van der Waals surface area contributed by atoms with Gasteiger partial charge in [-0.1, -0.05) is 0 Å². The van der Waals surface area contributed by atoms with E-state index >= 15 is 0 Å². The molecular weight excluding hydrogens is 130 g/mol. The van der Waals surface area contributed by atoms with Crippen LogP contribution in [0.3, 0.4) is 0 Å². The molecule has 0 saturated heterocycles. The molecule has 1 aliphatic rings. The van der Waals surface area contributed by atoms with Gasteiger partial charge in [0.1, 0.15) is 0 Å². The van der Waals surface area contributed by atoms with E-state index in [4.69, 9.17) is 10.5 Å². The molecule has 2 N–H and O–H groups in total. The smallest absolute Gasteiger partial charge is 0.220 e. The average molecular weight is 143 g/mol. The van der Waals surface area contributed by atoms with Crippen molar-refractivity contribution in [2.75, 3.05) is 7.11 Å². The van der Waals surface area contributed by atoms with E-state index in [1.165, 1.54) is 0 Å². The number of hydrogen-bond donors (Lipinski definition) is 1. The molecule has 0 aromatic carbocycles. The molecule has 1 rings (SSSR count). The topological polar surface area (TPSA) is 52.3 Å². The van der Waals surface area contributed by atoms with Crippen LogP contribution in [0, 0.1) is 5.92 Å². The van der Waals surface area contributed by atoms with E-state index in [0.29, 0.717) is 0 Å². The summed E-state index contributed by atoms with van der Waals surface area (Å²) in [6, 6.07) is 0. The van der Waals surface area contributed by atoms with Crippen LogP contribution in [-0.4, -0.2) is 19.1 Å². The van der Waals surface area contributed by atoms with E-state index < -0.39 is 0 Å². The van der Waals surface area contributed by atoms with E-state index in [-0.39, 0.29) is 17.9 Å². The minimum Gasteiger partial charge on any atom is -0.381 e. The van der Waals surface area contributed by atoms with Crippen molar-refractivity contribution in [3.05, 3.63) is 0 Å². The number of methoxy groups -OCH3 is 1. The third kappa shape index (κ3) is 1.48. The van der Waals surface area contributed by atoms with Crippen molar-refractivity contribution >= 4 is 5.91 Å². The highest BCUT2D eigenvalue weighted by molar-refractivity contribution is 5.76. The Balaban J connectivity index is 2.35. The van der Waals surface area contributed by atoms with Gasteiger partial charge in [0.15, 0.2) is 0 Å². The summed E-state index contributed by atoms with van der Waals surface area (Å²) in [4.78, 5) is 10.6. The maximum absolute atomic E-state index is 10.6. The van der Waals surface area contributed by atoms with Crippen LogP contribution in [-0.2, 0) is 9.53 Å². The van der Waals surface area contributed by atoms with Gasteiger partial charge < -0.3 is 10.5 Å². The molecule has 1 fully saturated rings. The molecule has 3 nitrogen and oxygen atoms in total. The van der Waals surface area contributed by atoms with E-state index in [1.807, 2.05) is 0 Å². The van der Waals surface area contributed by atoms with Gasteiger partial charge in [-0.25, -0.2) is 0 Å². The molecule has 0 heterocycles. The van der Waals surface area contributed by atoms with Gasteiger partial charge in [-0.05, 0) is 19.3 Å². The highest BCUT2D eigenvalue weighted by Crippen LogP contribution is 2.26. The first kappa shape index (κ1) is 7.54. The van der Waals surface area contributed by atoms with Crippen LogP contribution in [0.2, 0.25) is 0 Å². The van der Waals surface area contributed by atoms with Crippen LogP contribution in [0.5, 0.6) is 0 Å². The van der Waals surface area contributed by atoms with Crippen molar-refractivity contribution in [2.24, 2.45) is 11.7 Å². The SMILES string of the molecule is CO[C@H]1CC[C@H](C(N)=O)C1. The maximum Gasteiger partial charge on any atom is 0.220 e. The van der Waals surface area contributed by atoms with Crippen LogP contribution in [0.15, 0.2) is 0 Å². The van der Waals surface area contributed by atoms with Crippen molar-refractivity contribution in [1.29, 1.82) is 0 Å². The van der Waals surface area contributed by atoms with Crippen LogP contribution in [0.25, 0.3) is 0 Å². The minimum atomic E-state index is -0.181. The van der Waals surface area contributed by atoms with Gasteiger partial charge in [0, 0.05) is 13.0 Å². The zero-order valence-electron chi connectivity index (χ0n) is 6.17. The van der Waals surface area contributed by atoms with Gasteiger partial charge in [0.2, 0.25) is 5.91 Å². The molecular formula is C7H13NO2. The monoisotopic (exact) mass is 143 g/mol. The first-order valence-corrected chi connectivity index (χ1v) is 3.56.